The van der Waals surface area contributed by atoms with Gasteiger partial charge in [0.05, 0.1) is 23.2 Å². The molecular formula is C20H19Cl2N5O2S. The van der Waals surface area contributed by atoms with Gasteiger partial charge in [0.15, 0.2) is 11.6 Å². The normalized spacial score (nSPS) is 14.5. The molecule has 0 amide bonds. The second-order valence-electron chi connectivity index (χ2n) is 6.86. The Bertz CT molecular complexity index is 1250. The third-order valence-electron chi connectivity index (χ3n) is 4.84. The molecule has 0 saturated carbocycles. The zero-order valence-electron chi connectivity index (χ0n) is 16.3. The number of hydrogen-bond donors (Lipinski definition) is 1. The lowest BCUT2D eigenvalue weighted by molar-refractivity contribution is 0.557. The Morgan fingerprint density at radius 3 is 2.63 bits per heavy atom. The van der Waals surface area contributed by atoms with Crippen LogP contribution >= 0.6 is 23.2 Å². The maximum Gasteiger partial charge on any atom is 0.211 e. The highest BCUT2D eigenvalue weighted by Gasteiger charge is 2.27. The molecule has 10 heteroatoms. The van der Waals surface area contributed by atoms with E-state index in [0.29, 0.717) is 27.4 Å². The summed E-state index contributed by atoms with van der Waals surface area (Å²) in [6.45, 7) is 3.58. The molecule has 1 N–H and O–H groups in total. The number of fused-ring (bicyclic) bond motifs is 3. The molecule has 0 spiro atoms. The number of benzene rings is 2. The Kier molecular flexibility index (Phi) is 5.67. The molecule has 0 aliphatic carbocycles. The van der Waals surface area contributed by atoms with Crippen LogP contribution in [0.1, 0.15) is 42.7 Å². The summed E-state index contributed by atoms with van der Waals surface area (Å²) in [7, 11) is -3.42. The average Bonchev–Trinajstić information content (AvgIpc) is 3.06. The Morgan fingerprint density at radius 1 is 1.13 bits per heavy atom. The summed E-state index contributed by atoms with van der Waals surface area (Å²) < 4.78 is 28.6. The van der Waals surface area contributed by atoms with Crippen molar-refractivity contribution in [2.75, 3.05) is 5.75 Å². The monoisotopic (exact) mass is 463 g/mol. The third-order valence-corrected chi connectivity index (χ3v) is 6.88. The van der Waals surface area contributed by atoms with Crippen LogP contribution < -0.4 is 4.72 Å². The molecule has 0 saturated heterocycles. The van der Waals surface area contributed by atoms with Crippen LogP contribution in [0.2, 0.25) is 10.0 Å². The number of hydrogen-bond acceptors (Lipinski definition) is 5. The molecule has 1 aromatic heterocycles. The SMILES string of the molecule is CCS(=O)(=O)N[C@H](C)c1nnc2n1-c1ccc(Cl)cc1C(c1ccccc1Cl)=NC2. The van der Waals surface area contributed by atoms with Crippen molar-refractivity contribution >= 4 is 38.9 Å². The Labute approximate surface area is 184 Å². The molecule has 1 aliphatic rings. The minimum Gasteiger partial charge on any atom is -0.279 e. The van der Waals surface area contributed by atoms with Crippen LogP contribution in [-0.2, 0) is 16.6 Å². The summed E-state index contributed by atoms with van der Waals surface area (Å²) in [5.41, 5.74) is 2.99. The predicted octanol–water partition coefficient (Wildman–Crippen LogP) is 3.93. The predicted molar refractivity (Wildman–Crippen MR) is 118 cm³/mol. The van der Waals surface area contributed by atoms with Gasteiger partial charge in [0.25, 0.3) is 0 Å². The van der Waals surface area contributed by atoms with Gasteiger partial charge in [-0.15, -0.1) is 10.2 Å². The minimum atomic E-state index is -3.42. The average molecular weight is 464 g/mol. The topological polar surface area (TPSA) is 89.2 Å². The number of aliphatic imine (C=N–C) groups is 1. The summed E-state index contributed by atoms with van der Waals surface area (Å²) in [5, 5.41) is 9.64. The van der Waals surface area contributed by atoms with Crippen LogP contribution in [0.15, 0.2) is 47.5 Å². The second-order valence-corrected chi connectivity index (χ2v) is 9.75. The van der Waals surface area contributed by atoms with Gasteiger partial charge in [-0.1, -0.05) is 41.4 Å². The Hall–Kier alpha value is -2.26. The molecule has 2 aromatic carbocycles. The van der Waals surface area contributed by atoms with Gasteiger partial charge in [-0.3, -0.25) is 9.56 Å². The Balaban J connectivity index is 1.89. The highest BCUT2D eigenvalue weighted by molar-refractivity contribution is 7.89. The molecule has 2 heterocycles. The maximum absolute atomic E-state index is 12.1. The lowest BCUT2D eigenvalue weighted by atomic mass is 10.0. The minimum absolute atomic E-state index is 0.0235. The van der Waals surface area contributed by atoms with Crippen LogP contribution in [0.25, 0.3) is 5.69 Å². The summed E-state index contributed by atoms with van der Waals surface area (Å²) >= 11 is 12.8. The number of sulfonamides is 1. The molecule has 0 bridgehead atoms. The summed E-state index contributed by atoms with van der Waals surface area (Å²) in [6.07, 6.45) is 0. The van der Waals surface area contributed by atoms with Crippen LogP contribution in [0.4, 0.5) is 0 Å². The molecule has 0 unspecified atom stereocenters. The molecule has 0 fully saturated rings. The van der Waals surface area contributed by atoms with E-state index >= 15 is 0 Å². The smallest absolute Gasteiger partial charge is 0.211 e. The van der Waals surface area contributed by atoms with Crippen molar-refractivity contribution in [2.24, 2.45) is 4.99 Å². The van der Waals surface area contributed by atoms with Gasteiger partial charge in [0, 0.05) is 21.2 Å². The van der Waals surface area contributed by atoms with Crippen molar-refractivity contribution in [3.8, 4) is 5.69 Å². The van der Waals surface area contributed by atoms with E-state index < -0.39 is 16.1 Å². The zero-order chi connectivity index (χ0) is 21.5. The summed E-state index contributed by atoms with van der Waals surface area (Å²) in [4.78, 5) is 4.75. The quantitative estimate of drug-likeness (QED) is 0.620. The first-order valence-electron chi connectivity index (χ1n) is 9.34. The third kappa shape index (κ3) is 3.88. The number of nitrogens with one attached hydrogen (secondary N) is 1. The molecule has 156 valence electrons. The van der Waals surface area contributed by atoms with Gasteiger partial charge in [-0.25, -0.2) is 13.1 Å². The van der Waals surface area contributed by atoms with Crippen LogP contribution in [0.5, 0.6) is 0 Å². The number of halogens is 2. The number of nitrogens with zero attached hydrogens (tertiary/aromatic N) is 4. The molecular weight excluding hydrogens is 445 g/mol. The van der Waals surface area contributed by atoms with Crippen molar-refractivity contribution in [3.05, 3.63) is 75.3 Å². The van der Waals surface area contributed by atoms with Crippen molar-refractivity contribution < 1.29 is 8.42 Å². The molecule has 3 aromatic rings. The largest absolute Gasteiger partial charge is 0.279 e. The highest BCUT2D eigenvalue weighted by atomic mass is 35.5. The van der Waals surface area contributed by atoms with Gasteiger partial charge in [0.1, 0.15) is 6.54 Å². The van der Waals surface area contributed by atoms with Gasteiger partial charge in [-0.05, 0) is 38.1 Å². The van der Waals surface area contributed by atoms with Crippen LogP contribution in [0, 0.1) is 0 Å². The number of rotatable bonds is 5. The fourth-order valence-electron chi connectivity index (χ4n) is 3.39. The Morgan fingerprint density at radius 2 is 1.90 bits per heavy atom. The number of aromatic nitrogens is 3. The van der Waals surface area contributed by atoms with Gasteiger partial charge in [0.2, 0.25) is 10.0 Å². The first-order valence-corrected chi connectivity index (χ1v) is 11.8. The van der Waals surface area contributed by atoms with E-state index in [9.17, 15) is 8.42 Å². The lowest BCUT2D eigenvalue weighted by Gasteiger charge is -2.18. The maximum atomic E-state index is 12.1. The fourth-order valence-corrected chi connectivity index (χ4v) is 4.60. The molecule has 7 nitrogen and oxygen atoms in total. The van der Waals surface area contributed by atoms with E-state index in [2.05, 4.69) is 14.9 Å². The van der Waals surface area contributed by atoms with E-state index in [-0.39, 0.29) is 12.3 Å². The summed E-state index contributed by atoms with van der Waals surface area (Å²) in [5.74, 6) is 1.05. The first-order chi connectivity index (χ1) is 14.3. The lowest BCUT2D eigenvalue weighted by Crippen LogP contribution is -2.30. The zero-order valence-corrected chi connectivity index (χ0v) is 18.6. The molecule has 1 atom stereocenters. The van der Waals surface area contributed by atoms with Gasteiger partial charge < -0.3 is 0 Å². The second kappa shape index (κ2) is 8.11. The van der Waals surface area contributed by atoms with E-state index in [1.54, 1.807) is 19.9 Å². The van der Waals surface area contributed by atoms with Crippen molar-refractivity contribution in [1.29, 1.82) is 0 Å². The van der Waals surface area contributed by atoms with E-state index in [1.165, 1.54) is 0 Å². The fraction of sp³-hybridized carbons (Fsp3) is 0.250. The molecule has 30 heavy (non-hydrogen) atoms. The van der Waals surface area contributed by atoms with Crippen molar-refractivity contribution in [2.45, 2.75) is 26.4 Å². The van der Waals surface area contributed by atoms with Crippen molar-refractivity contribution in [3.63, 3.8) is 0 Å². The van der Waals surface area contributed by atoms with Gasteiger partial charge in [-0.2, -0.15) is 0 Å². The standard InChI is InChI=1S/C20H19Cl2N5O2S/c1-3-30(28,29)26-12(2)20-25-24-18-11-23-19(14-6-4-5-7-16(14)22)15-10-13(21)8-9-17(15)27(18)20/h4-10,12,26H,3,11H2,1-2H3/t12-/m1/s1. The van der Waals surface area contributed by atoms with E-state index in [4.69, 9.17) is 28.2 Å². The van der Waals surface area contributed by atoms with Gasteiger partial charge >= 0.3 is 0 Å². The van der Waals surface area contributed by atoms with Crippen molar-refractivity contribution in [1.82, 2.24) is 19.5 Å². The highest BCUT2D eigenvalue weighted by Crippen LogP contribution is 2.31. The van der Waals surface area contributed by atoms with Crippen LogP contribution in [0.3, 0.4) is 0 Å². The molecule has 0 radical (unpaired) electrons. The summed E-state index contributed by atoms with van der Waals surface area (Å²) in [6, 6.07) is 12.3. The van der Waals surface area contributed by atoms with E-state index in [1.807, 2.05) is 41.0 Å². The molecule has 4 rings (SSSR count). The van der Waals surface area contributed by atoms with Crippen LogP contribution in [-0.4, -0.2) is 34.6 Å². The first kappa shape index (κ1) is 21.0. The molecule has 1 aliphatic heterocycles. The van der Waals surface area contributed by atoms with E-state index in [0.717, 1.165) is 16.8 Å².